The van der Waals surface area contributed by atoms with E-state index < -0.39 is 82.1 Å². The van der Waals surface area contributed by atoms with Gasteiger partial charge >= 0.3 is 0 Å². The highest BCUT2D eigenvalue weighted by atomic mass is 35.5. The minimum atomic E-state index is -3.04. The van der Waals surface area contributed by atoms with E-state index >= 15 is 0 Å². The van der Waals surface area contributed by atoms with Crippen molar-refractivity contribution >= 4 is 46.3 Å². The molecule has 34 heavy (non-hydrogen) atoms. The molecular weight excluding hydrogens is 470 g/mol. The number of aliphatic hydroxyl groups is 2. The number of aliphatic hydroxyl groups excluding tert-OH is 1. The Kier molecular flexibility index (Phi) is 5.40. The van der Waals surface area contributed by atoms with E-state index in [1.165, 1.54) is 25.1 Å². The number of amides is 1. The topological polar surface area (TPSA) is 201 Å². The zero-order valence-electron chi connectivity index (χ0n) is 18.5. The van der Waals surface area contributed by atoms with Gasteiger partial charge in [-0.05, 0) is 31.6 Å². The Labute approximate surface area is 198 Å². The lowest BCUT2D eigenvalue weighted by Gasteiger charge is -2.56. The number of ketones is 4. The van der Waals surface area contributed by atoms with Gasteiger partial charge in [0, 0.05) is 5.92 Å². The number of aromatic hydroxyl groups is 1. The molecule has 3 aliphatic rings. The van der Waals surface area contributed by atoms with Crippen LogP contribution in [0.2, 0.25) is 5.02 Å². The van der Waals surface area contributed by atoms with Crippen molar-refractivity contribution in [3.8, 4) is 5.75 Å². The van der Waals surface area contributed by atoms with Crippen LogP contribution < -0.4 is 11.5 Å². The Balaban J connectivity index is 1.98. The van der Waals surface area contributed by atoms with Crippen LogP contribution in [0, 0.1) is 23.7 Å². The molecule has 1 aromatic rings. The molecule has 7 N–H and O–H groups in total. The fourth-order valence-electron chi connectivity index (χ4n) is 6.03. The number of hydrogen-bond donors (Lipinski definition) is 5. The van der Waals surface area contributed by atoms with E-state index in [1.54, 1.807) is 6.92 Å². The van der Waals surface area contributed by atoms with Gasteiger partial charge in [0.1, 0.15) is 0 Å². The van der Waals surface area contributed by atoms with E-state index in [0.29, 0.717) is 0 Å². The van der Waals surface area contributed by atoms with Crippen LogP contribution in [0.5, 0.6) is 5.75 Å². The number of primary amides is 1. The Bertz CT molecular complexity index is 1180. The first-order chi connectivity index (χ1) is 15.7. The second kappa shape index (κ2) is 7.57. The summed E-state index contributed by atoms with van der Waals surface area (Å²) in [5.41, 5.74) is 7.61. The van der Waals surface area contributed by atoms with Crippen molar-refractivity contribution in [1.29, 1.82) is 0 Å². The Morgan fingerprint density at radius 2 is 1.76 bits per heavy atom. The van der Waals surface area contributed by atoms with Gasteiger partial charge < -0.3 is 26.8 Å². The number of halogens is 1. The summed E-state index contributed by atoms with van der Waals surface area (Å²) < 4.78 is 0. The van der Waals surface area contributed by atoms with Gasteiger partial charge in [-0.15, -0.1) is 0 Å². The van der Waals surface area contributed by atoms with E-state index in [2.05, 4.69) is 0 Å². The molecule has 0 radical (unpaired) electrons. The molecule has 0 saturated heterocycles. The maximum absolute atomic E-state index is 13.7. The van der Waals surface area contributed by atoms with Crippen molar-refractivity contribution in [2.75, 3.05) is 19.8 Å². The van der Waals surface area contributed by atoms with Crippen LogP contribution in [0.25, 0.3) is 0 Å². The molecule has 4 rings (SSSR count). The molecule has 3 unspecified atom stereocenters. The van der Waals surface area contributed by atoms with Gasteiger partial charge in [-0.1, -0.05) is 18.5 Å². The minimum Gasteiger partial charge on any atom is -0.505 e. The van der Waals surface area contributed by atoms with E-state index in [0.717, 1.165) is 0 Å². The van der Waals surface area contributed by atoms with Crippen LogP contribution in [0.3, 0.4) is 0 Å². The van der Waals surface area contributed by atoms with Gasteiger partial charge in [0.05, 0.1) is 40.3 Å². The normalized spacial score (nSPS) is 37.3. The summed E-state index contributed by atoms with van der Waals surface area (Å²) in [7, 11) is 2.84. The maximum atomic E-state index is 13.7. The lowest BCUT2D eigenvalue weighted by Crippen LogP contribution is -2.77. The molecule has 1 amide bonds. The molecule has 0 aliphatic heterocycles. The van der Waals surface area contributed by atoms with Crippen LogP contribution in [-0.4, -0.2) is 81.1 Å². The quantitative estimate of drug-likeness (QED) is 0.186. The van der Waals surface area contributed by atoms with Gasteiger partial charge in [0.15, 0.2) is 40.4 Å². The monoisotopic (exact) mass is 493 g/mol. The number of nitrogens with zero attached hydrogens (tertiary/aromatic N) is 1. The Morgan fingerprint density at radius 1 is 1.18 bits per heavy atom. The second-order valence-corrected chi connectivity index (χ2v) is 9.86. The fraction of sp³-hybridized carbons (Fsp3) is 0.500. The lowest BCUT2D eigenvalue weighted by molar-refractivity contribution is -0.196. The van der Waals surface area contributed by atoms with Crippen LogP contribution in [0.1, 0.15) is 28.8 Å². The number of fused-ring (bicyclic) bond motifs is 3. The molecule has 0 heterocycles. The highest BCUT2D eigenvalue weighted by Gasteiger charge is 2.72. The maximum Gasteiger partial charge on any atom is 0.235 e. The number of likely N-dealkylation sites (N-methyl/N-ethyl adjacent to an activating group) is 1. The number of carbonyl (C=O) groups excluding carboxylic acids is 5. The zero-order valence-corrected chi connectivity index (χ0v) is 19.2. The number of nitrogens with two attached hydrogens (primary N) is 2. The molecule has 8 atom stereocenters. The third-order valence-electron chi connectivity index (χ3n) is 7.60. The van der Waals surface area contributed by atoms with Crippen molar-refractivity contribution < 1.29 is 39.3 Å². The summed E-state index contributed by atoms with van der Waals surface area (Å²) in [6.07, 6.45) is -1.70. The number of carbonyl (C=O) groups is 5. The molecule has 1 aromatic carbocycles. The summed E-state index contributed by atoms with van der Waals surface area (Å²) in [6, 6.07) is -0.0703. The number of anilines is 1. The molecule has 0 aromatic heterocycles. The number of nitrogen functional groups attached to an aromatic ring is 1. The predicted octanol–water partition coefficient (Wildman–Crippen LogP) is -1.37. The van der Waals surface area contributed by atoms with Crippen LogP contribution in [-0.2, 0) is 19.2 Å². The number of phenolic OH excluding ortho intramolecular Hbond substituents is 1. The predicted molar refractivity (Wildman–Crippen MR) is 117 cm³/mol. The molecular formula is C22H24ClN3O8. The van der Waals surface area contributed by atoms with Crippen molar-refractivity contribution in [2.45, 2.75) is 30.6 Å². The number of hydrogen-bond acceptors (Lipinski definition) is 10. The van der Waals surface area contributed by atoms with Gasteiger partial charge in [-0.3, -0.25) is 28.9 Å². The van der Waals surface area contributed by atoms with Crippen LogP contribution in [0.4, 0.5) is 5.69 Å². The fourth-order valence-corrected chi connectivity index (χ4v) is 6.24. The SMILES string of the molecule is CC1c2cc(Cl)c(N)c(O)c2C(=O)C2C(=O)[C@@]3(O)C(=O)C(C(N)=O)C(=O)[C@H](N(C)C)[C@H]3[C@H](O)[C@H]21. The molecule has 0 bridgehead atoms. The minimum absolute atomic E-state index is 0.0408. The average Bonchev–Trinajstić information content (AvgIpc) is 2.74. The molecule has 182 valence electrons. The molecule has 11 nitrogen and oxygen atoms in total. The van der Waals surface area contributed by atoms with Crippen molar-refractivity contribution in [3.63, 3.8) is 0 Å². The first kappa shape index (κ1) is 24.3. The highest BCUT2D eigenvalue weighted by Crippen LogP contribution is 2.55. The first-order valence-electron chi connectivity index (χ1n) is 10.5. The number of rotatable bonds is 2. The third kappa shape index (κ3) is 2.78. The second-order valence-electron chi connectivity index (χ2n) is 9.45. The largest absolute Gasteiger partial charge is 0.505 e. The number of benzene rings is 1. The third-order valence-corrected chi connectivity index (χ3v) is 7.91. The average molecular weight is 494 g/mol. The van der Waals surface area contributed by atoms with Crippen LogP contribution in [0.15, 0.2) is 6.07 Å². The highest BCUT2D eigenvalue weighted by molar-refractivity contribution is 6.35. The van der Waals surface area contributed by atoms with E-state index in [-0.39, 0.29) is 21.8 Å². The van der Waals surface area contributed by atoms with E-state index in [4.69, 9.17) is 23.1 Å². The summed E-state index contributed by atoms with van der Waals surface area (Å²) in [4.78, 5) is 66.7. The summed E-state index contributed by atoms with van der Waals surface area (Å²) >= 11 is 6.08. The molecule has 12 heteroatoms. The number of phenols is 1. The smallest absolute Gasteiger partial charge is 0.235 e. The van der Waals surface area contributed by atoms with Crippen molar-refractivity contribution in [2.24, 2.45) is 29.4 Å². The Hall–Kier alpha value is -2.86. The molecule has 2 saturated carbocycles. The lowest BCUT2D eigenvalue weighted by atomic mass is 9.49. The van der Waals surface area contributed by atoms with Crippen molar-refractivity contribution in [3.05, 3.63) is 22.2 Å². The molecule has 2 fully saturated rings. The standard InChI is InChI=1S/C22H24ClN3O8/c1-5-6-4-7(23)13(24)17(29)9(6)15(27)10-8(5)16(28)12-14(26(2)3)18(30)11(21(25)33)20(32)22(12,34)19(10)31/h4-5,8,10-12,14,16,28-29,34H,24H2,1-3H3,(H2,25,33)/t5?,8-,10?,11?,12-,14+,16+,22+/m0/s1. The van der Waals surface area contributed by atoms with Crippen molar-refractivity contribution in [1.82, 2.24) is 4.90 Å². The zero-order chi connectivity index (χ0) is 25.6. The summed E-state index contributed by atoms with van der Waals surface area (Å²) in [5, 5.41) is 33.4. The molecule has 0 spiro atoms. The van der Waals surface area contributed by atoms with Gasteiger partial charge in [-0.25, -0.2) is 0 Å². The summed E-state index contributed by atoms with van der Waals surface area (Å²) in [6.45, 7) is 1.58. The molecule has 3 aliphatic carbocycles. The van der Waals surface area contributed by atoms with Gasteiger partial charge in [-0.2, -0.15) is 0 Å². The van der Waals surface area contributed by atoms with E-state index in [9.17, 15) is 39.3 Å². The number of Topliss-reactive ketones (excluding diaryl/α,β-unsaturated/α-hetero) is 4. The van der Waals surface area contributed by atoms with E-state index in [1.807, 2.05) is 0 Å². The Morgan fingerprint density at radius 3 is 2.29 bits per heavy atom. The first-order valence-corrected chi connectivity index (χ1v) is 10.9. The van der Waals surface area contributed by atoms with Crippen LogP contribution >= 0.6 is 11.6 Å². The van der Waals surface area contributed by atoms with Gasteiger partial charge in [0.2, 0.25) is 5.91 Å². The summed E-state index contributed by atoms with van der Waals surface area (Å²) in [5.74, 6) is -14.1. The van der Waals surface area contributed by atoms with Gasteiger partial charge in [0.25, 0.3) is 0 Å².